The van der Waals surface area contributed by atoms with Crippen molar-refractivity contribution in [3.63, 3.8) is 0 Å². The van der Waals surface area contributed by atoms with Crippen molar-refractivity contribution < 1.29 is 4.79 Å². The third kappa shape index (κ3) is 4.44. The van der Waals surface area contributed by atoms with Crippen molar-refractivity contribution in [1.29, 1.82) is 0 Å². The molecule has 0 aliphatic heterocycles. The van der Waals surface area contributed by atoms with E-state index in [4.69, 9.17) is 0 Å². The number of hydrogen-bond donors (Lipinski definition) is 0. The zero-order chi connectivity index (χ0) is 17.4. The van der Waals surface area contributed by atoms with Crippen molar-refractivity contribution in [3.05, 3.63) is 37.2 Å². The minimum atomic E-state index is 0.128. The Morgan fingerprint density at radius 1 is 1.33 bits per heavy atom. The lowest BCUT2D eigenvalue weighted by Gasteiger charge is -2.19. The molecule has 0 atom stereocenters. The number of aromatic nitrogens is 4. The van der Waals surface area contributed by atoms with Gasteiger partial charge in [-0.3, -0.25) is 14.3 Å². The Morgan fingerprint density at radius 2 is 2.08 bits per heavy atom. The van der Waals surface area contributed by atoms with Gasteiger partial charge < -0.3 is 4.90 Å². The maximum absolute atomic E-state index is 12.3. The van der Waals surface area contributed by atoms with E-state index in [0.29, 0.717) is 12.3 Å². The number of pyridine rings is 1. The van der Waals surface area contributed by atoms with E-state index in [0.717, 1.165) is 36.1 Å². The summed E-state index contributed by atoms with van der Waals surface area (Å²) in [6.07, 6.45) is 6.21. The summed E-state index contributed by atoms with van der Waals surface area (Å²) >= 11 is 1.41. The molecule has 2 heterocycles. The fourth-order valence-corrected chi connectivity index (χ4v) is 3.20. The molecule has 7 heteroatoms. The van der Waals surface area contributed by atoms with Gasteiger partial charge in [-0.25, -0.2) is 0 Å². The van der Waals surface area contributed by atoms with E-state index in [9.17, 15) is 4.79 Å². The fraction of sp³-hybridized carbons (Fsp3) is 0.412. The molecule has 0 aliphatic rings. The molecule has 6 nitrogen and oxygen atoms in total. The Kier molecular flexibility index (Phi) is 6.99. The van der Waals surface area contributed by atoms with Crippen molar-refractivity contribution >= 4 is 17.7 Å². The van der Waals surface area contributed by atoms with Crippen molar-refractivity contribution in [2.45, 2.75) is 32.0 Å². The number of nitrogens with zero attached hydrogens (tertiary/aromatic N) is 5. The van der Waals surface area contributed by atoms with Crippen LogP contribution in [0.2, 0.25) is 0 Å². The molecule has 24 heavy (non-hydrogen) atoms. The number of allylic oxidation sites excluding steroid dienone is 1. The lowest BCUT2D eigenvalue weighted by Crippen LogP contribution is -2.32. The molecule has 0 fully saturated rings. The summed E-state index contributed by atoms with van der Waals surface area (Å²) in [5, 5.41) is 9.25. The van der Waals surface area contributed by atoms with Gasteiger partial charge in [0.25, 0.3) is 0 Å². The first-order valence-corrected chi connectivity index (χ1v) is 9.04. The Labute approximate surface area is 147 Å². The van der Waals surface area contributed by atoms with E-state index in [-0.39, 0.29) is 5.91 Å². The summed E-state index contributed by atoms with van der Waals surface area (Å²) in [5.41, 5.74) is 0.943. The average Bonchev–Trinajstić information content (AvgIpc) is 3.01. The molecule has 0 spiro atoms. The molecule has 128 valence electrons. The van der Waals surface area contributed by atoms with Crippen LogP contribution in [0.4, 0.5) is 0 Å². The average molecular weight is 345 g/mol. The van der Waals surface area contributed by atoms with Crippen LogP contribution in [0.25, 0.3) is 11.4 Å². The number of carbonyl (C=O) groups excluding carboxylic acids is 1. The molecule has 1 amide bonds. The highest BCUT2D eigenvalue weighted by Gasteiger charge is 2.16. The van der Waals surface area contributed by atoms with Gasteiger partial charge in [0.05, 0.1) is 5.75 Å². The number of thioether (sulfide) groups is 1. The van der Waals surface area contributed by atoms with Crippen LogP contribution in [0.15, 0.2) is 42.3 Å². The number of amides is 1. The van der Waals surface area contributed by atoms with Gasteiger partial charge >= 0.3 is 0 Å². The quantitative estimate of drug-likeness (QED) is 0.516. The number of hydrogen-bond acceptors (Lipinski definition) is 5. The summed E-state index contributed by atoms with van der Waals surface area (Å²) in [7, 11) is 0. The largest absolute Gasteiger partial charge is 0.342 e. The Morgan fingerprint density at radius 3 is 2.71 bits per heavy atom. The summed E-state index contributed by atoms with van der Waals surface area (Å²) in [6.45, 7) is 9.98. The molecule has 0 bridgehead atoms. The second-order valence-corrected chi connectivity index (χ2v) is 6.15. The maximum atomic E-state index is 12.3. The standard InChI is InChI=1S/C17H23N5OS/c1-4-11-21(6-3)15(23)13-24-17-20-19-16(22(17)12-5-2)14-7-9-18-10-8-14/h5,7-10H,2,4,6,11-13H2,1,3H3. The minimum absolute atomic E-state index is 0.128. The van der Waals surface area contributed by atoms with E-state index in [1.807, 2.05) is 28.5 Å². The van der Waals surface area contributed by atoms with Gasteiger partial charge in [0.1, 0.15) is 0 Å². The third-order valence-electron chi connectivity index (χ3n) is 3.52. The Hall–Kier alpha value is -2.15. The van der Waals surface area contributed by atoms with Gasteiger partial charge in [-0.15, -0.1) is 16.8 Å². The molecular weight excluding hydrogens is 322 g/mol. The molecule has 2 rings (SSSR count). The van der Waals surface area contributed by atoms with Crippen molar-refractivity contribution in [2.75, 3.05) is 18.8 Å². The van der Waals surface area contributed by atoms with Gasteiger partial charge in [-0.05, 0) is 25.5 Å². The third-order valence-corrected chi connectivity index (χ3v) is 4.47. The molecule has 0 radical (unpaired) electrons. The van der Waals surface area contributed by atoms with Crippen LogP contribution in [0.1, 0.15) is 20.3 Å². The first-order chi connectivity index (χ1) is 11.7. The van der Waals surface area contributed by atoms with Crippen LogP contribution in [0, 0.1) is 0 Å². The summed E-state index contributed by atoms with van der Waals surface area (Å²) in [6, 6.07) is 3.78. The van der Waals surface area contributed by atoms with Gasteiger partial charge in [-0.1, -0.05) is 24.8 Å². The smallest absolute Gasteiger partial charge is 0.233 e. The van der Waals surface area contributed by atoms with Crippen molar-refractivity contribution in [3.8, 4) is 11.4 Å². The van der Waals surface area contributed by atoms with Crippen molar-refractivity contribution in [2.24, 2.45) is 0 Å². The first kappa shape index (κ1) is 18.2. The normalized spacial score (nSPS) is 10.6. The highest BCUT2D eigenvalue weighted by atomic mass is 32.2. The van der Waals surface area contributed by atoms with Crippen LogP contribution in [-0.4, -0.2) is 49.4 Å². The predicted molar refractivity (Wildman–Crippen MR) is 96.7 cm³/mol. The molecular formula is C17H23N5OS. The summed E-state index contributed by atoms with van der Waals surface area (Å²) in [4.78, 5) is 18.2. The van der Waals surface area contributed by atoms with Gasteiger partial charge in [0.15, 0.2) is 11.0 Å². The SMILES string of the molecule is C=CCn1c(SCC(=O)N(CC)CCC)nnc1-c1ccncc1. The second kappa shape index (κ2) is 9.22. The van der Waals surface area contributed by atoms with Crippen LogP contribution in [0.3, 0.4) is 0 Å². The summed E-state index contributed by atoms with van der Waals surface area (Å²) < 4.78 is 1.97. The van der Waals surface area contributed by atoms with Crippen LogP contribution in [0.5, 0.6) is 0 Å². The minimum Gasteiger partial charge on any atom is -0.342 e. The highest BCUT2D eigenvalue weighted by molar-refractivity contribution is 7.99. The second-order valence-electron chi connectivity index (χ2n) is 5.20. The summed E-state index contributed by atoms with van der Waals surface area (Å²) in [5.74, 6) is 1.25. The zero-order valence-corrected chi connectivity index (χ0v) is 15.0. The van der Waals surface area contributed by atoms with Crippen LogP contribution in [-0.2, 0) is 11.3 Å². The van der Waals surface area contributed by atoms with E-state index < -0.39 is 0 Å². The Balaban J connectivity index is 2.14. The molecule has 2 aromatic rings. The topological polar surface area (TPSA) is 63.9 Å². The Bertz CT molecular complexity index is 671. The fourth-order valence-electron chi connectivity index (χ4n) is 2.35. The first-order valence-electron chi connectivity index (χ1n) is 8.06. The zero-order valence-electron chi connectivity index (χ0n) is 14.2. The van der Waals surface area contributed by atoms with E-state index in [1.165, 1.54) is 11.8 Å². The van der Waals surface area contributed by atoms with E-state index >= 15 is 0 Å². The maximum Gasteiger partial charge on any atom is 0.233 e. The monoisotopic (exact) mass is 345 g/mol. The number of rotatable bonds is 9. The van der Waals surface area contributed by atoms with Crippen LogP contribution >= 0.6 is 11.8 Å². The molecule has 0 saturated heterocycles. The highest BCUT2D eigenvalue weighted by Crippen LogP contribution is 2.23. The molecule has 0 saturated carbocycles. The van der Waals surface area contributed by atoms with Gasteiger partial charge in [0, 0.05) is 37.6 Å². The van der Waals surface area contributed by atoms with Gasteiger partial charge in [0.2, 0.25) is 5.91 Å². The molecule has 2 aromatic heterocycles. The van der Waals surface area contributed by atoms with Crippen LogP contribution < -0.4 is 0 Å². The predicted octanol–water partition coefficient (Wildman–Crippen LogP) is 2.88. The molecule has 0 aromatic carbocycles. The lowest BCUT2D eigenvalue weighted by molar-refractivity contribution is -0.128. The number of carbonyl (C=O) groups is 1. The van der Waals surface area contributed by atoms with E-state index in [1.54, 1.807) is 18.5 Å². The lowest BCUT2D eigenvalue weighted by atomic mass is 10.2. The molecule has 0 N–H and O–H groups in total. The van der Waals surface area contributed by atoms with Crippen molar-refractivity contribution in [1.82, 2.24) is 24.6 Å². The molecule has 0 aliphatic carbocycles. The van der Waals surface area contributed by atoms with E-state index in [2.05, 4.69) is 28.7 Å². The molecule has 0 unspecified atom stereocenters. The van der Waals surface area contributed by atoms with Gasteiger partial charge in [-0.2, -0.15) is 0 Å².